The number of phenolic OH excluding ortho intramolecular Hbond substituents is 1. The van der Waals surface area contributed by atoms with Crippen molar-refractivity contribution >= 4 is 94.5 Å². The highest BCUT2D eigenvalue weighted by Gasteiger charge is 2.40. The zero-order valence-electron chi connectivity index (χ0n) is 41.8. The molecule has 7 rings (SSSR count). The Hall–Kier alpha value is -4.66. The summed E-state index contributed by atoms with van der Waals surface area (Å²) in [5.74, 6) is -4.93. The van der Waals surface area contributed by atoms with Gasteiger partial charge < -0.3 is 34.3 Å². The summed E-state index contributed by atoms with van der Waals surface area (Å²) >= 11 is 0. The number of aromatic hydroxyl groups is 1. The number of aromatic nitrogens is 1. The first-order valence-corrected chi connectivity index (χ1v) is 23.4. The number of hydrogen-bond acceptors (Lipinski definition) is 9. The minimum atomic E-state index is -1.40. The lowest BCUT2D eigenvalue weighted by Gasteiger charge is -2.37. The van der Waals surface area contributed by atoms with E-state index in [2.05, 4.69) is 54.8 Å². The number of hydrogen-bond donors (Lipinski definition) is 3. The van der Waals surface area contributed by atoms with Crippen LogP contribution < -0.4 is 10.7 Å². The normalized spacial score (nSPS) is 19.2. The first kappa shape index (κ1) is 60.6. The van der Waals surface area contributed by atoms with Gasteiger partial charge in [0, 0.05) is 68.6 Å². The van der Waals surface area contributed by atoms with Crippen LogP contribution in [0.5, 0.6) is 5.75 Å². The number of carbonyl (C=O) groups is 5. The molecule has 0 saturated carbocycles. The Bertz CT molecular complexity index is 2570. The summed E-state index contributed by atoms with van der Waals surface area (Å²) < 4.78 is 30.2. The third-order valence-corrected chi connectivity index (χ3v) is 13.5. The molecule has 19 heteroatoms. The standard InChI is InChI=1S/C52H65FN6O8.4H2S/c1-9-44(61)57-22-19-34(29-57)49(63)56(7)46(31(3)4)48(62)54-41-26-36-24-35(27-43(60)45(36)53)33-17-18-42-38(25-33)39(47(58(42)10-2)37-15-12-11-14-32(37)20-23-66-8)28-52(5,6)30-67-51(65)40-16-13-21-59(55-40)50(41)64;;;;/h9,11-12,14-15,17-18,24-25,27,31,34,40-41,46,55,60H,1,10,13,16,19-23,26,28-30H2,2-8H3,(H,54,62);4*1H2/t34-,40-,41-,46-;;;;/m0..../s1. The van der Waals surface area contributed by atoms with Crippen molar-refractivity contribution in [2.45, 2.75) is 97.8 Å². The molecule has 71 heavy (non-hydrogen) atoms. The van der Waals surface area contributed by atoms with Crippen molar-refractivity contribution in [2.75, 3.05) is 47.0 Å². The number of phenols is 1. The molecular weight excluding hydrogens is 984 g/mol. The number of halogens is 1. The van der Waals surface area contributed by atoms with E-state index < -0.39 is 64.7 Å². The van der Waals surface area contributed by atoms with Gasteiger partial charge in [0.1, 0.15) is 18.1 Å². The van der Waals surface area contributed by atoms with Crippen LogP contribution in [-0.4, -0.2) is 119 Å². The monoisotopic (exact) mass is 1060 g/mol. The molecule has 3 N–H and O–H groups in total. The molecule has 390 valence electrons. The van der Waals surface area contributed by atoms with Crippen LogP contribution >= 0.6 is 54.0 Å². The number of aryl methyl sites for hydroxylation is 1. The highest BCUT2D eigenvalue weighted by Crippen LogP contribution is 2.42. The molecule has 4 amide bonds. The number of methoxy groups -OCH3 is 1. The summed E-state index contributed by atoms with van der Waals surface area (Å²) in [5.41, 5.74) is 8.91. The van der Waals surface area contributed by atoms with Crippen LogP contribution in [0.3, 0.4) is 0 Å². The highest BCUT2D eigenvalue weighted by atomic mass is 32.1. The fourth-order valence-electron chi connectivity index (χ4n) is 10.1. The number of carbonyl (C=O) groups excluding carboxylic acids is 5. The van der Waals surface area contributed by atoms with Crippen molar-refractivity contribution in [1.29, 1.82) is 0 Å². The number of esters is 1. The molecule has 2 saturated heterocycles. The summed E-state index contributed by atoms with van der Waals surface area (Å²) in [6, 6.07) is 13.9. The summed E-state index contributed by atoms with van der Waals surface area (Å²) in [7, 11) is 3.22. The summed E-state index contributed by atoms with van der Waals surface area (Å²) in [4.78, 5) is 72.2. The lowest BCUT2D eigenvalue weighted by Crippen LogP contribution is -2.62. The van der Waals surface area contributed by atoms with Crippen molar-refractivity contribution < 1.29 is 42.9 Å². The highest BCUT2D eigenvalue weighted by molar-refractivity contribution is 7.59. The predicted molar refractivity (Wildman–Crippen MR) is 295 cm³/mol. The first-order valence-electron chi connectivity index (χ1n) is 23.4. The lowest BCUT2D eigenvalue weighted by molar-refractivity contribution is -0.155. The summed E-state index contributed by atoms with van der Waals surface area (Å²) in [6.07, 6.45) is 3.30. The van der Waals surface area contributed by atoms with Crippen LogP contribution in [0.15, 0.2) is 67.3 Å². The predicted octanol–water partition coefficient (Wildman–Crippen LogP) is 6.65. The average Bonchev–Trinajstić information content (AvgIpc) is 3.93. The van der Waals surface area contributed by atoms with Crippen molar-refractivity contribution in [1.82, 2.24) is 30.1 Å². The van der Waals surface area contributed by atoms with Crippen molar-refractivity contribution in [2.24, 2.45) is 17.3 Å². The van der Waals surface area contributed by atoms with Crippen LogP contribution in [0.4, 0.5) is 4.39 Å². The number of nitrogens with zero attached hydrogens (tertiary/aromatic N) is 4. The van der Waals surface area contributed by atoms with E-state index in [1.165, 1.54) is 29.1 Å². The van der Waals surface area contributed by atoms with Gasteiger partial charge in [-0.05, 0) is 103 Å². The van der Waals surface area contributed by atoms with Crippen molar-refractivity contribution in [3.05, 3.63) is 89.8 Å². The Kier molecular flexibility index (Phi) is 22.1. The third-order valence-electron chi connectivity index (χ3n) is 13.5. The van der Waals surface area contributed by atoms with Gasteiger partial charge in [0.25, 0.3) is 5.91 Å². The number of likely N-dealkylation sites (tertiary alicyclic amines) is 1. The van der Waals surface area contributed by atoms with Gasteiger partial charge in [-0.15, -0.1) is 0 Å². The minimum Gasteiger partial charge on any atom is -0.505 e. The molecule has 4 aromatic rings. The Morgan fingerprint density at radius 2 is 1.76 bits per heavy atom. The molecule has 0 aliphatic carbocycles. The molecule has 3 aromatic carbocycles. The van der Waals surface area contributed by atoms with Gasteiger partial charge in [-0.2, -0.15) is 54.0 Å². The first-order chi connectivity index (χ1) is 32.0. The number of nitrogens with one attached hydrogen (secondary N) is 2. The average molecular weight is 1060 g/mol. The van der Waals surface area contributed by atoms with Gasteiger partial charge in [-0.1, -0.05) is 64.6 Å². The van der Waals surface area contributed by atoms with E-state index >= 15 is 4.39 Å². The van der Waals surface area contributed by atoms with E-state index in [1.807, 2.05) is 30.3 Å². The fourth-order valence-corrected chi connectivity index (χ4v) is 10.1. The Balaban J connectivity index is 0.00000333. The maximum atomic E-state index is 16.3. The number of cyclic esters (lactones) is 1. The van der Waals surface area contributed by atoms with E-state index in [-0.39, 0.29) is 97.5 Å². The zero-order chi connectivity index (χ0) is 48.3. The SMILES string of the molecule is C=CC(=O)N1CC[C@H](C(=O)N(C)[C@H](C(=O)N[C@H]2Cc3cc(cc(O)c3F)-c3ccc4c(c3)c(c(-c3ccccc3CCOC)n4CC)CC(C)(C)COC(=O)[C@@H]3CCCN(N3)C2=O)C(C)C)C1.S.S.S.S. The molecule has 4 heterocycles. The number of fused-ring (bicyclic) bond motifs is 6. The quantitative estimate of drug-likeness (QED) is 0.110. The third kappa shape index (κ3) is 13.1. The second kappa shape index (κ2) is 25.8. The molecule has 1 aromatic heterocycles. The molecular formula is C52H73FN6O8S4. The van der Waals surface area contributed by atoms with Crippen molar-refractivity contribution in [3.8, 4) is 28.1 Å². The van der Waals surface area contributed by atoms with Crippen LogP contribution in [0.25, 0.3) is 33.3 Å². The zero-order valence-corrected chi connectivity index (χ0v) is 45.8. The van der Waals surface area contributed by atoms with Gasteiger partial charge in [-0.3, -0.25) is 29.0 Å². The summed E-state index contributed by atoms with van der Waals surface area (Å²) in [5, 5.41) is 16.3. The molecule has 3 aliphatic heterocycles. The minimum absolute atomic E-state index is 0. The Morgan fingerprint density at radius 3 is 2.44 bits per heavy atom. The number of amides is 4. The van der Waals surface area contributed by atoms with Gasteiger partial charge in [0.05, 0.1) is 24.8 Å². The van der Waals surface area contributed by atoms with E-state index in [0.717, 1.165) is 33.3 Å². The fraction of sp³-hybridized carbons (Fsp3) is 0.481. The number of benzene rings is 3. The number of hydrazine groups is 1. The maximum absolute atomic E-state index is 16.3. The van der Waals surface area contributed by atoms with Crippen LogP contribution in [0, 0.1) is 23.1 Å². The van der Waals surface area contributed by atoms with Gasteiger partial charge in [0.15, 0.2) is 11.6 Å². The molecule has 0 spiro atoms. The van der Waals surface area contributed by atoms with E-state index in [4.69, 9.17) is 9.47 Å². The lowest BCUT2D eigenvalue weighted by atomic mass is 9.83. The van der Waals surface area contributed by atoms with Gasteiger partial charge in [-0.25, -0.2) is 9.82 Å². The van der Waals surface area contributed by atoms with Crippen LogP contribution in [0.2, 0.25) is 0 Å². The van der Waals surface area contributed by atoms with E-state index in [0.29, 0.717) is 62.9 Å². The topological polar surface area (TPSA) is 163 Å². The van der Waals surface area contributed by atoms with E-state index in [1.54, 1.807) is 31.9 Å². The second-order valence-electron chi connectivity index (χ2n) is 19.3. The van der Waals surface area contributed by atoms with Gasteiger partial charge >= 0.3 is 5.97 Å². The maximum Gasteiger partial charge on any atom is 0.324 e. The molecule has 0 unspecified atom stereocenters. The smallest absolute Gasteiger partial charge is 0.324 e. The molecule has 14 nitrogen and oxygen atoms in total. The molecule has 0 radical (unpaired) electrons. The Labute approximate surface area is 445 Å². The molecule has 4 atom stereocenters. The molecule has 6 bridgehead atoms. The van der Waals surface area contributed by atoms with E-state index in [9.17, 15) is 29.1 Å². The number of likely N-dealkylation sites (N-methyl/N-ethyl adjacent to an activating group) is 1. The van der Waals surface area contributed by atoms with Gasteiger partial charge in [0.2, 0.25) is 17.7 Å². The second-order valence-corrected chi connectivity index (χ2v) is 19.3. The number of ether oxygens (including phenoxy) is 2. The summed E-state index contributed by atoms with van der Waals surface area (Å²) in [6.45, 7) is 15.4. The van der Waals surface area contributed by atoms with Crippen molar-refractivity contribution in [3.63, 3.8) is 0 Å². The Morgan fingerprint density at radius 1 is 1.04 bits per heavy atom. The largest absolute Gasteiger partial charge is 0.505 e. The number of rotatable bonds is 11. The molecule has 2 fully saturated rings. The molecule has 3 aliphatic rings. The van der Waals surface area contributed by atoms with Crippen LogP contribution in [0.1, 0.15) is 70.6 Å². The van der Waals surface area contributed by atoms with Crippen LogP contribution in [-0.2, 0) is 59.3 Å².